The summed E-state index contributed by atoms with van der Waals surface area (Å²) >= 11 is 0. The third-order valence-electron chi connectivity index (χ3n) is 2.63. The molecule has 5 heteroatoms. The van der Waals surface area contributed by atoms with Crippen LogP contribution in [-0.4, -0.2) is 32.2 Å². The fourth-order valence-electron chi connectivity index (χ4n) is 1.63. The van der Waals surface area contributed by atoms with Gasteiger partial charge in [-0.3, -0.25) is 4.99 Å². The number of terminal acetylenes is 1. The summed E-state index contributed by atoms with van der Waals surface area (Å²) in [6, 6.07) is 8.01. The Balaban J connectivity index is 0.00000400. The van der Waals surface area contributed by atoms with Gasteiger partial charge in [0.2, 0.25) is 0 Å². The molecule has 0 atom stereocenters. The highest BCUT2D eigenvalue weighted by Gasteiger charge is 1.98. The average molecular weight is 401 g/mol. The molecule has 0 aliphatic carbocycles. The molecule has 2 N–H and O–H groups in total. The summed E-state index contributed by atoms with van der Waals surface area (Å²) in [6.07, 6.45) is 6.07. The number of benzene rings is 1. The minimum Gasteiger partial charge on any atom is -0.493 e. The number of hydrogen-bond donors (Lipinski definition) is 2. The van der Waals surface area contributed by atoms with Crippen LogP contribution in [0, 0.1) is 19.3 Å². The summed E-state index contributed by atoms with van der Waals surface area (Å²) in [5.41, 5.74) is 1.15. The Morgan fingerprint density at radius 2 is 2.10 bits per heavy atom. The number of aryl methyl sites for hydroxylation is 1. The zero-order valence-corrected chi connectivity index (χ0v) is 15.0. The van der Waals surface area contributed by atoms with Crippen LogP contribution in [0.25, 0.3) is 0 Å². The van der Waals surface area contributed by atoms with Crippen molar-refractivity contribution in [1.82, 2.24) is 10.6 Å². The molecule has 0 spiro atoms. The molecule has 1 rings (SSSR count). The fraction of sp³-hybridized carbons (Fsp3) is 0.438. The van der Waals surface area contributed by atoms with Crippen LogP contribution in [0.3, 0.4) is 0 Å². The Morgan fingerprint density at radius 3 is 2.76 bits per heavy atom. The van der Waals surface area contributed by atoms with Crippen molar-refractivity contribution in [2.45, 2.75) is 20.3 Å². The molecule has 0 saturated carbocycles. The zero-order chi connectivity index (χ0) is 14.6. The first kappa shape index (κ1) is 19.6. The highest BCUT2D eigenvalue weighted by Crippen LogP contribution is 2.15. The van der Waals surface area contributed by atoms with Gasteiger partial charge in [0, 0.05) is 19.5 Å². The van der Waals surface area contributed by atoms with Crippen LogP contribution >= 0.6 is 24.0 Å². The number of ether oxygens (including phenoxy) is 1. The van der Waals surface area contributed by atoms with Crippen LogP contribution < -0.4 is 15.4 Å². The number of guanidine groups is 1. The topological polar surface area (TPSA) is 45.7 Å². The normalized spacial score (nSPS) is 10.2. The first-order chi connectivity index (χ1) is 9.77. The summed E-state index contributed by atoms with van der Waals surface area (Å²) in [6.45, 7) is 6.71. The highest BCUT2D eigenvalue weighted by molar-refractivity contribution is 14.0. The molecular weight excluding hydrogens is 377 g/mol. The predicted octanol–water partition coefficient (Wildman–Crippen LogP) is 2.57. The minimum absolute atomic E-state index is 0. The number of para-hydroxylation sites is 1. The molecule has 0 fully saturated rings. The monoisotopic (exact) mass is 401 g/mol. The van der Waals surface area contributed by atoms with Gasteiger partial charge in [-0.25, -0.2) is 0 Å². The van der Waals surface area contributed by atoms with Gasteiger partial charge < -0.3 is 15.4 Å². The Labute approximate surface area is 144 Å². The first-order valence-electron chi connectivity index (χ1n) is 6.92. The SMILES string of the molecule is C#CCNC(=NCCCOc1ccccc1C)NCC.I. The molecule has 0 heterocycles. The lowest BCUT2D eigenvalue weighted by molar-refractivity contribution is 0.311. The summed E-state index contributed by atoms with van der Waals surface area (Å²) < 4.78 is 5.72. The molecule has 1 aromatic rings. The number of nitrogens with one attached hydrogen (secondary N) is 2. The Kier molecular flexibility index (Phi) is 11.5. The molecule has 0 radical (unpaired) electrons. The predicted molar refractivity (Wildman–Crippen MR) is 99.5 cm³/mol. The van der Waals surface area contributed by atoms with E-state index in [1.807, 2.05) is 38.1 Å². The third kappa shape index (κ3) is 8.45. The second-order valence-corrected chi connectivity index (χ2v) is 4.29. The van der Waals surface area contributed by atoms with Gasteiger partial charge in [-0.2, -0.15) is 0 Å². The van der Waals surface area contributed by atoms with Gasteiger partial charge in [-0.1, -0.05) is 24.1 Å². The molecule has 21 heavy (non-hydrogen) atoms. The highest BCUT2D eigenvalue weighted by atomic mass is 127. The van der Waals surface area contributed by atoms with Crippen molar-refractivity contribution in [3.8, 4) is 18.1 Å². The van der Waals surface area contributed by atoms with Gasteiger partial charge in [-0.05, 0) is 25.5 Å². The van der Waals surface area contributed by atoms with Crippen molar-refractivity contribution < 1.29 is 4.74 Å². The second-order valence-electron chi connectivity index (χ2n) is 4.29. The molecule has 0 aliphatic heterocycles. The van der Waals surface area contributed by atoms with Crippen LogP contribution in [-0.2, 0) is 0 Å². The molecule has 0 saturated heterocycles. The molecule has 0 amide bonds. The standard InChI is InChI=1S/C16H23N3O.HI/c1-4-11-18-16(17-5-2)19-12-8-13-20-15-10-7-6-9-14(15)3;/h1,6-7,9-10H,5,8,11-13H2,2-3H3,(H2,17,18,19);1H. The summed E-state index contributed by atoms with van der Waals surface area (Å²) in [5.74, 6) is 4.22. The van der Waals surface area contributed by atoms with Crippen molar-refractivity contribution in [2.24, 2.45) is 4.99 Å². The average Bonchev–Trinajstić information content (AvgIpc) is 2.46. The van der Waals surface area contributed by atoms with E-state index in [0.29, 0.717) is 19.7 Å². The van der Waals surface area contributed by atoms with Gasteiger partial charge in [0.1, 0.15) is 5.75 Å². The minimum atomic E-state index is 0. The number of halogens is 1. The first-order valence-corrected chi connectivity index (χ1v) is 6.92. The third-order valence-corrected chi connectivity index (χ3v) is 2.63. The molecule has 116 valence electrons. The van der Waals surface area contributed by atoms with Crippen LogP contribution in [0.1, 0.15) is 18.9 Å². The second kappa shape index (κ2) is 12.3. The van der Waals surface area contributed by atoms with E-state index in [1.54, 1.807) is 0 Å². The van der Waals surface area contributed by atoms with E-state index in [4.69, 9.17) is 11.2 Å². The van der Waals surface area contributed by atoms with E-state index in [9.17, 15) is 0 Å². The number of aliphatic imine (C=N–C) groups is 1. The molecule has 4 nitrogen and oxygen atoms in total. The number of hydrogen-bond acceptors (Lipinski definition) is 2. The lowest BCUT2D eigenvalue weighted by Gasteiger charge is -2.10. The van der Waals surface area contributed by atoms with E-state index in [2.05, 4.69) is 21.5 Å². The smallest absolute Gasteiger partial charge is 0.192 e. The van der Waals surface area contributed by atoms with E-state index in [0.717, 1.165) is 30.2 Å². The van der Waals surface area contributed by atoms with Gasteiger partial charge in [0.25, 0.3) is 0 Å². The Bertz CT molecular complexity index is 469. The molecule has 0 aromatic heterocycles. The fourth-order valence-corrected chi connectivity index (χ4v) is 1.63. The molecule has 0 bridgehead atoms. The number of rotatable bonds is 7. The van der Waals surface area contributed by atoms with Crippen LogP contribution in [0.5, 0.6) is 5.75 Å². The van der Waals surface area contributed by atoms with Crippen molar-refractivity contribution in [3.63, 3.8) is 0 Å². The van der Waals surface area contributed by atoms with E-state index < -0.39 is 0 Å². The van der Waals surface area contributed by atoms with E-state index in [-0.39, 0.29) is 24.0 Å². The van der Waals surface area contributed by atoms with Crippen LogP contribution in [0.15, 0.2) is 29.3 Å². The van der Waals surface area contributed by atoms with Crippen molar-refractivity contribution >= 4 is 29.9 Å². The molecule has 1 aromatic carbocycles. The van der Waals surface area contributed by atoms with Crippen LogP contribution in [0.4, 0.5) is 0 Å². The summed E-state index contributed by atoms with van der Waals surface area (Å²) in [5, 5.41) is 6.19. The van der Waals surface area contributed by atoms with Gasteiger partial charge >= 0.3 is 0 Å². The Morgan fingerprint density at radius 1 is 1.33 bits per heavy atom. The lowest BCUT2D eigenvalue weighted by Crippen LogP contribution is -2.37. The summed E-state index contributed by atoms with van der Waals surface area (Å²) in [7, 11) is 0. The Hall–Kier alpha value is -1.42. The zero-order valence-electron chi connectivity index (χ0n) is 12.7. The quantitative estimate of drug-likeness (QED) is 0.243. The van der Waals surface area contributed by atoms with Gasteiger partial charge in [-0.15, -0.1) is 30.4 Å². The molecule has 0 aliphatic rings. The van der Waals surface area contributed by atoms with Crippen molar-refractivity contribution in [1.29, 1.82) is 0 Å². The maximum Gasteiger partial charge on any atom is 0.192 e. The molecular formula is C16H24IN3O. The lowest BCUT2D eigenvalue weighted by atomic mass is 10.2. The van der Waals surface area contributed by atoms with Crippen LogP contribution in [0.2, 0.25) is 0 Å². The summed E-state index contributed by atoms with van der Waals surface area (Å²) in [4.78, 5) is 4.42. The van der Waals surface area contributed by atoms with Crippen molar-refractivity contribution in [2.75, 3.05) is 26.2 Å². The largest absolute Gasteiger partial charge is 0.493 e. The van der Waals surface area contributed by atoms with E-state index in [1.165, 1.54) is 0 Å². The van der Waals surface area contributed by atoms with E-state index >= 15 is 0 Å². The van der Waals surface area contributed by atoms with Crippen molar-refractivity contribution in [3.05, 3.63) is 29.8 Å². The maximum absolute atomic E-state index is 5.72. The maximum atomic E-state index is 5.72. The van der Waals surface area contributed by atoms with Gasteiger partial charge in [0.15, 0.2) is 5.96 Å². The number of nitrogens with zero attached hydrogens (tertiary/aromatic N) is 1. The molecule has 0 unspecified atom stereocenters. The van der Waals surface area contributed by atoms with Gasteiger partial charge in [0.05, 0.1) is 13.2 Å².